The summed E-state index contributed by atoms with van der Waals surface area (Å²) in [6, 6.07) is 7.94. The first-order valence-corrected chi connectivity index (χ1v) is 6.11. The van der Waals surface area contributed by atoms with Crippen molar-refractivity contribution in [2.75, 3.05) is 5.32 Å². The molecule has 0 aliphatic heterocycles. The van der Waals surface area contributed by atoms with E-state index in [1.54, 1.807) is 6.20 Å². The molecule has 0 saturated heterocycles. The molecule has 0 bridgehead atoms. The second-order valence-corrected chi connectivity index (χ2v) is 4.93. The van der Waals surface area contributed by atoms with E-state index in [2.05, 4.69) is 53.8 Å². The van der Waals surface area contributed by atoms with E-state index < -0.39 is 0 Å². The number of nitrogens with one attached hydrogen (secondary N) is 1. The van der Waals surface area contributed by atoms with E-state index in [4.69, 9.17) is 0 Å². The summed E-state index contributed by atoms with van der Waals surface area (Å²) in [4.78, 5) is 8.09. The van der Waals surface area contributed by atoms with Crippen LogP contribution in [0.2, 0.25) is 0 Å². The van der Waals surface area contributed by atoms with Crippen LogP contribution < -0.4 is 5.32 Å². The highest BCUT2D eigenvalue weighted by Gasteiger charge is 2.00. The van der Waals surface area contributed by atoms with Crippen LogP contribution in [0.4, 0.5) is 11.5 Å². The Hall–Kier alpha value is -0.690. The predicted molar refractivity (Wildman–Crippen MR) is 72.2 cm³/mol. The fourth-order valence-electron chi connectivity index (χ4n) is 1.11. The Bertz CT molecular complexity index is 476. The van der Waals surface area contributed by atoms with Crippen LogP contribution >= 0.6 is 38.5 Å². The second kappa shape index (κ2) is 4.89. The van der Waals surface area contributed by atoms with E-state index in [9.17, 15) is 0 Å². The van der Waals surface area contributed by atoms with Crippen LogP contribution in [-0.4, -0.2) is 9.97 Å². The van der Waals surface area contributed by atoms with Gasteiger partial charge in [0.15, 0.2) is 0 Å². The second-order valence-electron chi connectivity index (χ2n) is 2.85. The van der Waals surface area contributed by atoms with Crippen LogP contribution in [0.1, 0.15) is 0 Å². The summed E-state index contributed by atoms with van der Waals surface area (Å²) in [6.07, 6.45) is 3.30. The van der Waals surface area contributed by atoms with Crippen LogP contribution in [0.15, 0.2) is 41.3 Å². The molecule has 0 atom stereocenters. The zero-order chi connectivity index (χ0) is 10.7. The molecule has 1 aromatic carbocycles. The minimum Gasteiger partial charge on any atom is -0.339 e. The van der Waals surface area contributed by atoms with Crippen LogP contribution in [0.5, 0.6) is 0 Å². The summed E-state index contributed by atoms with van der Waals surface area (Å²) in [6.45, 7) is 0. The van der Waals surface area contributed by atoms with Gasteiger partial charge in [-0.25, -0.2) is 9.97 Å². The maximum Gasteiger partial charge on any atom is 0.147 e. The molecule has 0 radical (unpaired) electrons. The molecule has 1 aromatic heterocycles. The average molecular weight is 376 g/mol. The number of nitrogens with zero attached hydrogens (tertiary/aromatic N) is 2. The van der Waals surface area contributed by atoms with Gasteiger partial charge in [-0.05, 0) is 40.8 Å². The molecule has 1 N–H and O–H groups in total. The fraction of sp³-hybridized carbons (Fsp3) is 0. The highest BCUT2D eigenvalue weighted by Crippen LogP contribution is 2.21. The molecule has 2 aromatic rings. The molecule has 76 valence electrons. The molecule has 2 rings (SSSR count). The molecule has 1 heterocycles. The maximum atomic E-state index is 4.16. The van der Waals surface area contributed by atoms with Crippen LogP contribution in [0.3, 0.4) is 0 Å². The Labute approximate surface area is 110 Å². The third-order valence-electron chi connectivity index (χ3n) is 1.75. The lowest BCUT2D eigenvalue weighted by Gasteiger charge is -2.06. The van der Waals surface area contributed by atoms with Crippen molar-refractivity contribution in [3.05, 3.63) is 44.8 Å². The number of halogens is 2. The minimum atomic E-state index is 0.823. The molecule has 0 amide bonds. The quantitative estimate of drug-likeness (QED) is 0.815. The number of hydrogen-bond acceptors (Lipinski definition) is 3. The lowest BCUT2D eigenvalue weighted by Crippen LogP contribution is -1.96. The van der Waals surface area contributed by atoms with Gasteiger partial charge in [-0.2, -0.15) is 0 Å². The van der Waals surface area contributed by atoms with E-state index in [0.717, 1.165) is 19.5 Å². The van der Waals surface area contributed by atoms with Crippen molar-refractivity contribution in [3.63, 3.8) is 0 Å². The van der Waals surface area contributed by atoms with Gasteiger partial charge >= 0.3 is 0 Å². The van der Waals surface area contributed by atoms with Gasteiger partial charge in [-0.15, -0.1) is 0 Å². The number of hydrogen-bond donors (Lipinski definition) is 1. The SMILES string of the molecule is Brc1cccc(Nc2ncncc2I)c1. The molecule has 0 aliphatic carbocycles. The van der Waals surface area contributed by atoms with E-state index in [1.807, 2.05) is 24.3 Å². The third-order valence-corrected chi connectivity index (χ3v) is 3.04. The first-order valence-electron chi connectivity index (χ1n) is 4.24. The Morgan fingerprint density at radius 1 is 1.33 bits per heavy atom. The van der Waals surface area contributed by atoms with Gasteiger partial charge in [-0.1, -0.05) is 22.0 Å². The van der Waals surface area contributed by atoms with Crippen molar-refractivity contribution in [2.45, 2.75) is 0 Å². The average Bonchev–Trinajstić information content (AvgIpc) is 2.22. The van der Waals surface area contributed by atoms with Crippen molar-refractivity contribution in [3.8, 4) is 0 Å². The van der Waals surface area contributed by atoms with E-state index >= 15 is 0 Å². The molecule has 15 heavy (non-hydrogen) atoms. The van der Waals surface area contributed by atoms with Gasteiger partial charge < -0.3 is 5.32 Å². The van der Waals surface area contributed by atoms with Crippen LogP contribution in [0, 0.1) is 3.57 Å². The number of benzene rings is 1. The van der Waals surface area contributed by atoms with Crippen molar-refractivity contribution in [1.82, 2.24) is 9.97 Å². The predicted octanol–water partition coefficient (Wildman–Crippen LogP) is 3.59. The number of anilines is 2. The molecule has 0 aliphatic rings. The maximum absolute atomic E-state index is 4.16. The van der Waals surface area contributed by atoms with E-state index in [0.29, 0.717) is 0 Å². The highest BCUT2D eigenvalue weighted by molar-refractivity contribution is 14.1. The van der Waals surface area contributed by atoms with Gasteiger partial charge in [0.1, 0.15) is 12.1 Å². The van der Waals surface area contributed by atoms with Gasteiger partial charge in [0.2, 0.25) is 0 Å². The number of aromatic nitrogens is 2. The summed E-state index contributed by atoms with van der Waals surface area (Å²) in [5.41, 5.74) is 1.00. The molecule has 3 nitrogen and oxygen atoms in total. The molecular formula is C10H7BrIN3. The summed E-state index contributed by atoms with van der Waals surface area (Å²) >= 11 is 5.62. The minimum absolute atomic E-state index is 0.823. The van der Waals surface area contributed by atoms with Gasteiger partial charge in [0, 0.05) is 16.4 Å². The lowest BCUT2D eigenvalue weighted by atomic mass is 10.3. The van der Waals surface area contributed by atoms with E-state index in [-0.39, 0.29) is 0 Å². The topological polar surface area (TPSA) is 37.8 Å². The van der Waals surface area contributed by atoms with Crippen LogP contribution in [0.25, 0.3) is 0 Å². The van der Waals surface area contributed by atoms with Crippen molar-refractivity contribution >= 4 is 50.0 Å². The Kier molecular flexibility index (Phi) is 3.53. The molecule has 0 spiro atoms. The zero-order valence-electron chi connectivity index (χ0n) is 7.61. The monoisotopic (exact) mass is 375 g/mol. The normalized spacial score (nSPS) is 10.0. The molecule has 0 saturated carbocycles. The Morgan fingerprint density at radius 3 is 2.93 bits per heavy atom. The largest absolute Gasteiger partial charge is 0.339 e. The van der Waals surface area contributed by atoms with Gasteiger partial charge in [0.25, 0.3) is 0 Å². The van der Waals surface area contributed by atoms with Crippen molar-refractivity contribution in [2.24, 2.45) is 0 Å². The first-order chi connectivity index (χ1) is 7.25. The summed E-state index contributed by atoms with van der Waals surface area (Å²) in [5, 5.41) is 3.22. The molecular weight excluding hydrogens is 369 g/mol. The third kappa shape index (κ3) is 2.88. The first kappa shape index (κ1) is 10.8. The van der Waals surface area contributed by atoms with Crippen molar-refractivity contribution in [1.29, 1.82) is 0 Å². The van der Waals surface area contributed by atoms with Crippen LogP contribution in [-0.2, 0) is 0 Å². The van der Waals surface area contributed by atoms with E-state index in [1.165, 1.54) is 6.33 Å². The summed E-state index contributed by atoms with van der Waals surface area (Å²) < 4.78 is 2.03. The smallest absolute Gasteiger partial charge is 0.147 e. The Morgan fingerprint density at radius 2 is 2.20 bits per heavy atom. The number of rotatable bonds is 2. The summed E-state index contributed by atoms with van der Waals surface area (Å²) in [7, 11) is 0. The zero-order valence-corrected chi connectivity index (χ0v) is 11.4. The Balaban J connectivity index is 2.26. The van der Waals surface area contributed by atoms with Crippen molar-refractivity contribution < 1.29 is 0 Å². The summed E-state index contributed by atoms with van der Waals surface area (Å²) in [5.74, 6) is 0.823. The molecule has 0 unspecified atom stereocenters. The van der Waals surface area contributed by atoms with Gasteiger partial charge in [0.05, 0.1) is 3.57 Å². The lowest BCUT2D eigenvalue weighted by molar-refractivity contribution is 1.15. The standard InChI is InChI=1S/C10H7BrIN3/c11-7-2-1-3-8(4-7)15-10-9(12)5-13-6-14-10/h1-6H,(H,13,14,15). The highest BCUT2D eigenvalue weighted by atomic mass is 127. The molecule has 0 fully saturated rings. The fourth-order valence-corrected chi connectivity index (χ4v) is 1.94. The molecule has 5 heteroatoms. The van der Waals surface area contributed by atoms with Gasteiger partial charge in [-0.3, -0.25) is 0 Å².